The van der Waals surface area contributed by atoms with Crippen molar-refractivity contribution >= 4 is 0 Å². The van der Waals surface area contributed by atoms with Crippen molar-refractivity contribution in [1.82, 2.24) is 0 Å². The highest BCUT2D eigenvalue weighted by Gasteiger charge is 2.40. The van der Waals surface area contributed by atoms with Gasteiger partial charge in [0.1, 0.15) is 0 Å². The first-order valence-electron chi connectivity index (χ1n) is 3.49. The number of halogens is 3. The molecular weight excluding hydrogens is 143 g/mol. The van der Waals surface area contributed by atoms with Crippen LogP contribution in [0.2, 0.25) is 0 Å². The highest BCUT2D eigenvalue weighted by molar-refractivity contribution is 4.68. The molecule has 1 saturated heterocycles. The molecule has 0 atom stereocenters. The van der Waals surface area contributed by atoms with Crippen molar-refractivity contribution in [2.75, 3.05) is 13.1 Å². The number of piperidine rings is 1. The molecule has 0 spiro atoms. The fourth-order valence-electron chi connectivity index (χ4n) is 1.25. The number of hydrogen-bond donors (Lipinski definition) is 1. The Kier molecular flexibility index (Phi) is 2.18. The summed E-state index contributed by atoms with van der Waals surface area (Å²) in [6.07, 6.45) is -3.36. The molecule has 0 aromatic carbocycles. The molecule has 2 N–H and O–H groups in total. The maximum atomic E-state index is 11.9. The van der Waals surface area contributed by atoms with Gasteiger partial charge in [-0.3, -0.25) is 0 Å². The Morgan fingerprint density at radius 2 is 1.60 bits per heavy atom. The zero-order valence-corrected chi connectivity index (χ0v) is 5.62. The Bertz CT molecular complexity index is 104. The van der Waals surface area contributed by atoms with E-state index in [-0.39, 0.29) is 0 Å². The van der Waals surface area contributed by atoms with E-state index in [0.717, 1.165) is 0 Å². The van der Waals surface area contributed by atoms with Gasteiger partial charge in [-0.05, 0) is 0 Å². The summed E-state index contributed by atoms with van der Waals surface area (Å²) < 4.78 is 35.8. The Hall–Kier alpha value is -0.250. The molecule has 1 aliphatic heterocycles. The van der Waals surface area contributed by atoms with Gasteiger partial charge in [0.15, 0.2) is 0 Å². The van der Waals surface area contributed by atoms with E-state index in [1.165, 1.54) is 0 Å². The molecule has 0 aromatic heterocycles. The van der Waals surface area contributed by atoms with Crippen LogP contribution in [0.3, 0.4) is 0 Å². The average Bonchev–Trinajstić information content (AvgIpc) is 1.88. The van der Waals surface area contributed by atoms with Crippen LogP contribution in [0.5, 0.6) is 0 Å². The number of rotatable bonds is 0. The van der Waals surface area contributed by atoms with Crippen molar-refractivity contribution < 1.29 is 18.5 Å². The fraction of sp³-hybridized carbons (Fsp3) is 1.00. The second-order valence-electron chi connectivity index (χ2n) is 2.68. The normalized spacial score (nSPS) is 23.1. The summed E-state index contributed by atoms with van der Waals surface area (Å²) in [4.78, 5) is 0. The van der Waals surface area contributed by atoms with Crippen molar-refractivity contribution in [2.24, 2.45) is 5.92 Å². The Balaban J connectivity index is 2.39. The van der Waals surface area contributed by atoms with E-state index in [0.29, 0.717) is 25.9 Å². The van der Waals surface area contributed by atoms with Crippen molar-refractivity contribution in [1.29, 1.82) is 0 Å². The lowest BCUT2D eigenvalue weighted by molar-refractivity contribution is -0.667. The quantitative estimate of drug-likeness (QED) is 0.524. The summed E-state index contributed by atoms with van der Waals surface area (Å²) >= 11 is 0. The van der Waals surface area contributed by atoms with Crippen molar-refractivity contribution in [3.05, 3.63) is 0 Å². The number of hydrogen-bond acceptors (Lipinski definition) is 0. The van der Waals surface area contributed by atoms with Gasteiger partial charge in [0.05, 0.1) is 19.0 Å². The average molecular weight is 154 g/mol. The third-order valence-corrected chi connectivity index (χ3v) is 1.90. The zero-order chi connectivity index (χ0) is 7.61. The molecule has 60 valence electrons. The van der Waals surface area contributed by atoms with Crippen molar-refractivity contribution in [2.45, 2.75) is 19.0 Å². The first-order valence-corrected chi connectivity index (χ1v) is 3.49. The van der Waals surface area contributed by atoms with Crippen LogP contribution in [-0.4, -0.2) is 19.3 Å². The first-order chi connectivity index (χ1) is 4.61. The Labute approximate surface area is 57.6 Å². The van der Waals surface area contributed by atoms with Gasteiger partial charge in [0.2, 0.25) is 0 Å². The lowest BCUT2D eigenvalue weighted by atomic mass is 9.98. The third-order valence-electron chi connectivity index (χ3n) is 1.90. The third kappa shape index (κ3) is 1.87. The number of alkyl halides is 3. The minimum absolute atomic E-state index is 0.295. The molecule has 0 unspecified atom stereocenters. The van der Waals surface area contributed by atoms with Crippen LogP contribution in [-0.2, 0) is 0 Å². The molecule has 1 fully saturated rings. The van der Waals surface area contributed by atoms with Gasteiger partial charge in [0.25, 0.3) is 0 Å². The lowest BCUT2D eigenvalue weighted by Gasteiger charge is -2.22. The maximum Gasteiger partial charge on any atom is 0.392 e. The molecule has 10 heavy (non-hydrogen) atoms. The second-order valence-corrected chi connectivity index (χ2v) is 2.68. The molecule has 0 amide bonds. The molecule has 1 heterocycles. The largest absolute Gasteiger partial charge is 0.392 e. The van der Waals surface area contributed by atoms with E-state index in [9.17, 15) is 13.2 Å². The van der Waals surface area contributed by atoms with E-state index >= 15 is 0 Å². The molecule has 0 aromatic rings. The van der Waals surface area contributed by atoms with Gasteiger partial charge in [0, 0.05) is 12.8 Å². The molecular formula is C6H11F3N+. The van der Waals surface area contributed by atoms with Crippen LogP contribution in [0.25, 0.3) is 0 Å². The van der Waals surface area contributed by atoms with E-state index in [1.54, 1.807) is 0 Å². The minimum Gasteiger partial charge on any atom is -0.346 e. The molecule has 1 rings (SSSR count). The summed E-state index contributed by atoms with van der Waals surface area (Å²) in [6, 6.07) is 0. The highest BCUT2D eigenvalue weighted by Crippen LogP contribution is 2.31. The predicted octanol–water partition coefficient (Wildman–Crippen LogP) is 0.522. The summed E-state index contributed by atoms with van der Waals surface area (Å²) in [5.41, 5.74) is 0. The van der Waals surface area contributed by atoms with E-state index in [1.807, 2.05) is 5.32 Å². The van der Waals surface area contributed by atoms with Gasteiger partial charge >= 0.3 is 6.18 Å². The topological polar surface area (TPSA) is 16.6 Å². The zero-order valence-electron chi connectivity index (χ0n) is 5.62. The standard InChI is InChI=1S/C6H10F3N/c7-6(8,9)5-1-3-10-4-2-5/h5,10H,1-4H2/p+1. The molecule has 1 aliphatic rings. The lowest BCUT2D eigenvalue weighted by Crippen LogP contribution is -2.86. The number of nitrogens with two attached hydrogens (primary N) is 1. The van der Waals surface area contributed by atoms with Crippen LogP contribution in [0.15, 0.2) is 0 Å². The van der Waals surface area contributed by atoms with Gasteiger partial charge in [-0.25, -0.2) is 0 Å². The van der Waals surface area contributed by atoms with Crippen molar-refractivity contribution in [3.8, 4) is 0 Å². The van der Waals surface area contributed by atoms with Crippen LogP contribution in [0, 0.1) is 5.92 Å². The van der Waals surface area contributed by atoms with Gasteiger partial charge in [-0.2, -0.15) is 13.2 Å². The van der Waals surface area contributed by atoms with E-state index in [2.05, 4.69) is 0 Å². The van der Waals surface area contributed by atoms with Crippen LogP contribution < -0.4 is 5.32 Å². The van der Waals surface area contributed by atoms with Crippen molar-refractivity contribution in [3.63, 3.8) is 0 Å². The van der Waals surface area contributed by atoms with Gasteiger partial charge < -0.3 is 5.32 Å². The van der Waals surface area contributed by atoms with E-state index in [4.69, 9.17) is 0 Å². The highest BCUT2D eigenvalue weighted by atomic mass is 19.4. The fourth-order valence-corrected chi connectivity index (χ4v) is 1.25. The van der Waals surface area contributed by atoms with Gasteiger partial charge in [-0.1, -0.05) is 0 Å². The second kappa shape index (κ2) is 2.78. The summed E-state index contributed by atoms with van der Waals surface area (Å²) in [5, 5.41) is 1.93. The summed E-state index contributed by atoms with van der Waals surface area (Å²) in [7, 11) is 0. The van der Waals surface area contributed by atoms with E-state index < -0.39 is 12.1 Å². The molecule has 1 nitrogen and oxygen atoms in total. The minimum atomic E-state index is -3.95. The van der Waals surface area contributed by atoms with Gasteiger partial charge in [-0.15, -0.1) is 0 Å². The van der Waals surface area contributed by atoms with Crippen LogP contribution >= 0.6 is 0 Å². The summed E-state index contributed by atoms with van der Waals surface area (Å²) in [6.45, 7) is 1.26. The number of quaternary nitrogens is 1. The molecule has 0 saturated carbocycles. The Morgan fingerprint density at radius 1 is 1.10 bits per heavy atom. The maximum absolute atomic E-state index is 11.9. The first kappa shape index (κ1) is 7.85. The van der Waals surface area contributed by atoms with Crippen LogP contribution in [0.4, 0.5) is 13.2 Å². The molecule has 0 aliphatic carbocycles. The molecule has 4 heteroatoms. The summed E-state index contributed by atoms with van der Waals surface area (Å²) in [5.74, 6) is -1.03. The SMILES string of the molecule is FC(F)(F)C1CC[NH2+]CC1. The Morgan fingerprint density at radius 3 is 1.90 bits per heavy atom. The predicted molar refractivity (Wildman–Crippen MR) is 30.4 cm³/mol. The monoisotopic (exact) mass is 154 g/mol. The van der Waals surface area contributed by atoms with Crippen LogP contribution in [0.1, 0.15) is 12.8 Å². The molecule has 0 radical (unpaired) electrons. The smallest absolute Gasteiger partial charge is 0.346 e. The molecule has 0 bridgehead atoms.